The molecule has 0 amide bonds. The van der Waals surface area contributed by atoms with Crippen molar-refractivity contribution in [1.82, 2.24) is 14.9 Å². The minimum absolute atomic E-state index is 0. The monoisotopic (exact) mass is 336 g/mol. The summed E-state index contributed by atoms with van der Waals surface area (Å²) >= 11 is 1.67. The number of anilines is 2. The molecule has 1 aromatic carbocycles. The largest absolute Gasteiger partial charge is 0.379 e. The van der Waals surface area contributed by atoms with E-state index in [1.54, 1.807) is 24.2 Å². The van der Waals surface area contributed by atoms with E-state index in [4.69, 9.17) is 4.74 Å². The molecule has 4 rings (SSSR count). The first-order valence-electron chi connectivity index (χ1n) is 7.07. The first-order valence-corrected chi connectivity index (χ1v) is 7.89. The van der Waals surface area contributed by atoms with Gasteiger partial charge in [0.1, 0.15) is 5.03 Å². The molecule has 1 aromatic heterocycles. The van der Waals surface area contributed by atoms with Gasteiger partial charge in [-0.15, -0.1) is 12.4 Å². The molecule has 2 aliphatic heterocycles. The summed E-state index contributed by atoms with van der Waals surface area (Å²) in [4.78, 5) is 12.3. The van der Waals surface area contributed by atoms with Gasteiger partial charge >= 0.3 is 0 Å². The fourth-order valence-corrected chi connectivity index (χ4v) is 3.48. The van der Waals surface area contributed by atoms with Crippen molar-refractivity contribution in [2.75, 3.05) is 31.6 Å². The Bertz CT molecular complexity index is 664. The van der Waals surface area contributed by atoms with Gasteiger partial charge in [0, 0.05) is 36.9 Å². The Morgan fingerprint density at radius 2 is 2.00 bits per heavy atom. The van der Waals surface area contributed by atoms with Crippen LogP contribution in [0, 0.1) is 0 Å². The molecule has 0 bridgehead atoms. The molecule has 1 fully saturated rings. The lowest BCUT2D eigenvalue weighted by molar-refractivity contribution is 0.0342. The lowest BCUT2D eigenvalue weighted by Gasteiger charge is -2.27. The standard InChI is InChI=1S/C15H16N4OS.ClH/c1-2-13-12(18-14-15(21-13)17-4-3-16-14)9-11(1)10-19-5-7-20-8-6-19;/h1-4,9H,5-8,10H2,(H,16,18);1H. The van der Waals surface area contributed by atoms with Crippen LogP contribution >= 0.6 is 24.2 Å². The van der Waals surface area contributed by atoms with E-state index in [2.05, 4.69) is 38.4 Å². The molecule has 3 heterocycles. The number of aromatic nitrogens is 2. The zero-order chi connectivity index (χ0) is 14.1. The Balaban J connectivity index is 0.00000144. The van der Waals surface area contributed by atoms with Crippen molar-refractivity contribution in [1.29, 1.82) is 0 Å². The smallest absolute Gasteiger partial charge is 0.163 e. The van der Waals surface area contributed by atoms with Crippen LogP contribution in [0.2, 0.25) is 0 Å². The molecule has 116 valence electrons. The third kappa shape index (κ3) is 3.20. The second-order valence-corrected chi connectivity index (χ2v) is 6.19. The second kappa shape index (κ2) is 6.83. The highest BCUT2D eigenvalue weighted by atomic mass is 35.5. The molecule has 2 aliphatic rings. The highest BCUT2D eigenvalue weighted by Crippen LogP contribution is 2.42. The summed E-state index contributed by atoms with van der Waals surface area (Å²) in [7, 11) is 0. The third-order valence-electron chi connectivity index (χ3n) is 3.68. The Labute approximate surface area is 139 Å². The average Bonchev–Trinajstić information content (AvgIpc) is 2.54. The van der Waals surface area contributed by atoms with E-state index in [9.17, 15) is 0 Å². The maximum Gasteiger partial charge on any atom is 0.163 e. The van der Waals surface area contributed by atoms with Crippen LogP contribution in [0.5, 0.6) is 0 Å². The fraction of sp³-hybridized carbons (Fsp3) is 0.333. The van der Waals surface area contributed by atoms with Crippen LogP contribution in [0.4, 0.5) is 11.5 Å². The number of ether oxygens (including phenoxy) is 1. The topological polar surface area (TPSA) is 50.3 Å². The van der Waals surface area contributed by atoms with Gasteiger partial charge in [-0.3, -0.25) is 4.90 Å². The summed E-state index contributed by atoms with van der Waals surface area (Å²) in [6.45, 7) is 4.65. The number of halogens is 1. The highest BCUT2D eigenvalue weighted by Gasteiger charge is 2.18. The maximum atomic E-state index is 5.39. The van der Waals surface area contributed by atoms with Gasteiger partial charge < -0.3 is 10.1 Å². The number of fused-ring (bicyclic) bond motifs is 2. The number of hydrogen-bond acceptors (Lipinski definition) is 6. The SMILES string of the molecule is Cl.c1cnc2c(n1)Nc1cc(CN3CCOCC3)ccc1S2. The zero-order valence-electron chi connectivity index (χ0n) is 12.0. The number of nitrogens with zero attached hydrogens (tertiary/aromatic N) is 3. The van der Waals surface area contributed by atoms with Crippen LogP contribution < -0.4 is 5.32 Å². The van der Waals surface area contributed by atoms with Crippen molar-refractivity contribution in [3.63, 3.8) is 0 Å². The van der Waals surface area contributed by atoms with E-state index in [0.717, 1.165) is 49.4 Å². The summed E-state index contributed by atoms with van der Waals surface area (Å²) < 4.78 is 5.39. The van der Waals surface area contributed by atoms with Gasteiger partial charge in [0.05, 0.1) is 18.9 Å². The normalized spacial score (nSPS) is 16.9. The molecule has 0 spiro atoms. The zero-order valence-corrected chi connectivity index (χ0v) is 13.6. The van der Waals surface area contributed by atoms with Gasteiger partial charge in [-0.05, 0) is 17.7 Å². The molecule has 2 aromatic rings. The van der Waals surface area contributed by atoms with E-state index < -0.39 is 0 Å². The number of hydrogen-bond donors (Lipinski definition) is 1. The van der Waals surface area contributed by atoms with Crippen molar-refractivity contribution in [2.45, 2.75) is 16.5 Å². The molecule has 0 unspecified atom stereocenters. The number of nitrogens with one attached hydrogen (secondary N) is 1. The van der Waals surface area contributed by atoms with Crippen molar-refractivity contribution in [3.05, 3.63) is 36.2 Å². The van der Waals surface area contributed by atoms with Crippen LogP contribution in [0.15, 0.2) is 40.5 Å². The van der Waals surface area contributed by atoms with E-state index in [0.29, 0.717) is 0 Å². The minimum atomic E-state index is 0. The molecule has 0 aliphatic carbocycles. The molecule has 22 heavy (non-hydrogen) atoms. The third-order valence-corrected chi connectivity index (χ3v) is 4.75. The van der Waals surface area contributed by atoms with Crippen LogP contribution in [0.25, 0.3) is 0 Å². The van der Waals surface area contributed by atoms with Gasteiger partial charge in [-0.1, -0.05) is 17.8 Å². The number of morpholine rings is 1. The maximum absolute atomic E-state index is 5.39. The molecular formula is C15H17ClN4OS. The second-order valence-electron chi connectivity index (χ2n) is 5.16. The average molecular weight is 337 g/mol. The van der Waals surface area contributed by atoms with Crippen molar-refractivity contribution >= 4 is 35.7 Å². The van der Waals surface area contributed by atoms with E-state index in [1.807, 2.05) is 0 Å². The van der Waals surface area contributed by atoms with Crippen molar-refractivity contribution < 1.29 is 4.74 Å². The van der Waals surface area contributed by atoms with Gasteiger partial charge in [0.2, 0.25) is 0 Å². The van der Waals surface area contributed by atoms with E-state index in [-0.39, 0.29) is 12.4 Å². The molecule has 0 atom stereocenters. The van der Waals surface area contributed by atoms with Crippen LogP contribution in [0.1, 0.15) is 5.56 Å². The first-order chi connectivity index (χ1) is 10.4. The number of rotatable bonds is 2. The predicted octanol–water partition coefficient (Wildman–Crippen LogP) is 2.94. The van der Waals surface area contributed by atoms with E-state index in [1.165, 1.54) is 10.5 Å². The van der Waals surface area contributed by atoms with Crippen molar-refractivity contribution in [3.8, 4) is 0 Å². The first kappa shape index (κ1) is 15.6. The van der Waals surface area contributed by atoms with Crippen LogP contribution in [-0.4, -0.2) is 41.2 Å². The Hall–Kier alpha value is -1.34. The van der Waals surface area contributed by atoms with Crippen LogP contribution in [-0.2, 0) is 11.3 Å². The summed E-state index contributed by atoms with van der Waals surface area (Å²) in [6.07, 6.45) is 3.44. The lowest BCUT2D eigenvalue weighted by atomic mass is 10.1. The summed E-state index contributed by atoms with van der Waals surface area (Å²) in [5.74, 6) is 0.846. The highest BCUT2D eigenvalue weighted by molar-refractivity contribution is 7.99. The molecule has 7 heteroatoms. The number of benzene rings is 1. The fourth-order valence-electron chi connectivity index (χ4n) is 2.60. The van der Waals surface area contributed by atoms with Gasteiger partial charge in [0.15, 0.2) is 5.82 Å². The van der Waals surface area contributed by atoms with Gasteiger partial charge in [0.25, 0.3) is 0 Å². The minimum Gasteiger partial charge on any atom is -0.379 e. The summed E-state index contributed by atoms with van der Waals surface area (Å²) in [5.41, 5.74) is 2.44. The molecule has 0 saturated carbocycles. The predicted molar refractivity (Wildman–Crippen MR) is 89.2 cm³/mol. The summed E-state index contributed by atoms with van der Waals surface area (Å²) in [5, 5.41) is 4.32. The Morgan fingerprint density at radius 3 is 2.86 bits per heavy atom. The van der Waals surface area contributed by atoms with E-state index >= 15 is 0 Å². The van der Waals surface area contributed by atoms with Crippen LogP contribution in [0.3, 0.4) is 0 Å². The molecular weight excluding hydrogens is 320 g/mol. The Morgan fingerprint density at radius 1 is 1.18 bits per heavy atom. The molecule has 5 nitrogen and oxygen atoms in total. The molecule has 0 radical (unpaired) electrons. The summed E-state index contributed by atoms with van der Waals surface area (Å²) in [6, 6.07) is 6.58. The molecule has 1 saturated heterocycles. The van der Waals surface area contributed by atoms with Gasteiger partial charge in [-0.25, -0.2) is 9.97 Å². The quantitative estimate of drug-likeness (QED) is 0.776. The van der Waals surface area contributed by atoms with Crippen molar-refractivity contribution in [2.24, 2.45) is 0 Å². The van der Waals surface area contributed by atoms with Gasteiger partial charge in [-0.2, -0.15) is 0 Å². The lowest BCUT2D eigenvalue weighted by Crippen LogP contribution is -2.35. The molecule has 1 N–H and O–H groups in total. The Kier molecular flexibility index (Phi) is 4.83.